The molecule has 0 aromatic carbocycles. The van der Waals surface area contributed by atoms with Gasteiger partial charge in [-0.3, -0.25) is 0 Å². The van der Waals surface area contributed by atoms with E-state index in [1.807, 2.05) is 13.8 Å². The molecule has 0 unspecified atom stereocenters. The molecule has 0 atom stereocenters. The molecule has 11 heavy (non-hydrogen) atoms. The molecule has 0 aromatic rings. The van der Waals surface area contributed by atoms with E-state index in [4.69, 9.17) is 0 Å². The van der Waals surface area contributed by atoms with Gasteiger partial charge in [0.15, 0.2) is 0 Å². The van der Waals surface area contributed by atoms with Crippen LogP contribution in [0.4, 0.5) is 8.78 Å². The second-order valence-corrected chi connectivity index (χ2v) is 2.70. The predicted molar refractivity (Wildman–Crippen MR) is 43.0 cm³/mol. The van der Waals surface area contributed by atoms with Gasteiger partial charge >= 0.3 is 0 Å². The van der Waals surface area contributed by atoms with E-state index in [2.05, 4.69) is 0 Å². The van der Waals surface area contributed by atoms with Gasteiger partial charge < -0.3 is 4.90 Å². The molecule has 0 amide bonds. The molecule has 0 aromatic heterocycles. The van der Waals surface area contributed by atoms with Crippen LogP contribution in [-0.4, -0.2) is 31.0 Å². The van der Waals surface area contributed by atoms with Crippen LogP contribution in [0, 0.1) is 0 Å². The molecule has 1 aliphatic heterocycles. The van der Waals surface area contributed by atoms with E-state index in [9.17, 15) is 8.78 Å². The molecule has 1 saturated heterocycles. The summed E-state index contributed by atoms with van der Waals surface area (Å²) in [5.74, 6) is -2.42. The fourth-order valence-electron chi connectivity index (χ4n) is 1.16. The van der Waals surface area contributed by atoms with E-state index in [0.717, 1.165) is 6.54 Å². The van der Waals surface area contributed by atoms with Gasteiger partial charge in [0.25, 0.3) is 5.92 Å². The molecular weight excluding hydrogens is 148 g/mol. The third-order valence-electron chi connectivity index (χ3n) is 1.58. The van der Waals surface area contributed by atoms with Crippen molar-refractivity contribution in [1.29, 1.82) is 0 Å². The number of rotatable bonds is 0. The van der Waals surface area contributed by atoms with Gasteiger partial charge in [-0.1, -0.05) is 13.8 Å². The zero-order chi connectivity index (χ0) is 8.91. The van der Waals surface area contributed by atoms with Crippen molar-refractivity contribution in [3.05, 3.63) is 0 Å². The lowest BCUT2D eigenvalue weighted by atomic mass is 10.1. The average molecular weight is 165 g/mol. The molecular formula is C8H17F2N. The normalized spacial score (nSPS) is 23.7. The van der Waals surface area contributed by atoms with Crippen molar-refractivity contribution < 1.29 is 8.78 Å². The average Bonchev–Trinajstić information content (AvgIpc) is 1.89. The first-order valence-electron chi connectivity index (χ1n) is 4.16. The summed E-state index contributed by atoms with van der Waals surface area (Å²) in [6, 6.07) is 0. The summed E-state index contributed by atoms with van der Waals surface area (Å²) in [6.07, 6.45) is 0.695. The molecule has 1 nitrogen and oxygen atoms in total. The first kappa shape index (κ1) is 10.8. The van der Waals surface area contributed by atoms with Crippen molar-refractivity contribution in [3.63, 3.8) is 0 Å². The quantitative estimate of drug-likeness (QED) is 0.532. The number of piperidine rings is 1. The number of nitrogens with zero attached hydrogens (tertiary/aromatic N) is 1. The first-order valence-corrected chi connectivity index (χ1v) is 4.16. The number of hydrogen-bond acceptors (Lipinski definition) is 1. The van der Waals surface area contributed by atoms with E-state index >= 15 is 0 Å². The molecule has 0 bridgehead atoms. The van der Waals surface area contributed by atoms with Gasteiger partial charge in [-0.15, -0.1) is 0 Å². The van der Waals surface area contributed by atoms with Crippen LogP contribution in [0.3, 0.4) is 0 Å². The second kappa shape index (κ2) is 4.65. The van der Waals surface area contributed by atoms with Crippen LogP contribution in [0.2, 0.25) is 0 Å². The summed E-state index contributed by atoms with van der Waals surface area (Å²) in [6.45, 7) is 4.75. The minimum Gasteiger partial charge on any atom is -0.301 e. The van der Waals surface area contributed by atoms with Gasteiger partial charge in [-0.05, 0) is 20.0 Å². The van der Waals surface area contributed by atoms with Crippen LogP contribution in [0.1, 0.15) is 26.7 Å². The van der Waals surface area contributed by atoms with E-state index in [1.165, 1.54) is 0 Å². The van der Waals surface area contributed by atoms with Gasteiger partial charge in [-0.2, -0.15) is 0 Å². The highest BCUT2D eigenvalue weighted by molar-refractivity contribution is 4.75. The van der Waals surface area contributed by atoms with E-state index in [0.29, 0.717) is 6.42 Å². The maximum atomic E-state index is 12.4. The van der Waals surface area contributed by atoms with E-state index < -0.39 is 5.92 Å². The van der Waals surface area contributed by atoms with Crippen molar-refractivity contribution in [2.45, 2.75) is 32.6 Å². The van der Waals surface area contributed by atoms with Crippen LogP contribution >= 0.6 is 0 Å². The van der Waals surface area contributed by atoms with Crippen LogP contribution < -0.4 is 0 Å². The molecule has 0 radical (unpaired) electrons. The number of alkyl halides is 2. The van der Waals surface area contributed by atoms with Crippen molar-refractivity contribution >= 4 is 0 Å². The Balaban J connectivity index is 0.000000461. The Morgan fingerprint density at radius 3 is 2.09 bits per heavy atom. The largest absolute Gasteiger partial charge is 0.301 e. The first-order chi connectivity index (χ1) is 5.10. The molecule has 1 rings (SSSR count). The summed E-state index contributed by atoms with van der Waals surface area (Å²) >= 11 is 0. The highest BCUT2D eigenvalue weighted by Gasteiger charge is 2.33. The summed E-state index contributed by atoms with van der Waals surface area (Å²) in [5.41, 5.74) is 0. The minimum absolute atomic E-state index is 0.0625. The lowest BCUT2D eigenvalue weighted by molar-refractivity contribution is -0.0571. The van der Waals surface area contributed by atoms with Crippen molar-refractivity contribution in [2.75, 3.05) is 20.1 Å². The fourth-order valence-corrected chi connectivity index (χ4v) is 1.16. The molecule has 1 aliphatic rings. The van der Waals surface area contributed by atoms with Crippen LogP contribution in [0.15, 0.2) is 0 Å². The Labute approximate surface area is 67.4 Å². The highest BCUT2D eigenvalue weighted by Crippen LogP contribution is 2.25. The zero-order valence-electron chi connectivity index (χ0n) is 7.53. The van der Waals surface area contributed by atoms with E-state index in [-0.39, 0.29) is 13.0 Å². The Hall–Kier alpha value is -0.180. The Morgan fingerprint density at radius 2 is 1.82 bits per heavy atom. The molecule has 0 spiro atoms. The Morgan fingerprint density at radius 1 is 1.27 bits per heavy atom. The van der Waals surface area contributed by atoms with Crippen LogP contribution in [0.5, 0.6) is 0 Å². The van der Waals surface area contributed by atoms with Gasteiger partial charge in [0.2, 0.25) is 0 Å². The second-order valence-electron chi connectivity index (χ2n) is 2.70. The topological polar surface area (TPSA) is 3.24 Å². The van der Waals surface area contributed by atoms with Crippen molar-refractivity contribution in [1.82, 2.24) is 4.90 Å². The number of hydrogen-bond donors (Lipinski definition) is 0. The molecule has 0 N–H and O–H groups in total. The summed E-state index contributed by atoms with van der Waals surface area (Å²) in [5, 5.41) is 0. The van der Waals surface area contributed by atoms with E-state index in [1.54, 1.807) is 11.9 Å². The fraction of sp³-hybridized carbons (Fsp3) is 1.00. The molecule has 1 heterocycles. The van der Waals surface area contributed by atoms with Crippen LogP contribution in [-0.2, 0) is 0 Å². The summed E-state index contributed by atoms with van der Waals surface area (Å²) in [4.78, 5) is 1.67. The number of likely N-dealkylation sites (tertiary alicyclic amines) is 1. The molecule has 0 saturated carbocycles. The molecule has 1 fully saturated rings. The van der Waals surface area contributed by atoms with Crippen LogP contribution in [0.25, 0.3) is 0 Å². The highest BCUT2D eigenvalue weighted by atomic mass is 19.3. The van der Waals surface area contributed by atoms with Gasteiger partial charge in [0, 0.05) is 6.42 Å². The Kier molecular flexibility index (Phi) is 4.57. The monoisotopic (exact) mass is 165 g/mol. The standard InChI is InChI=1S/C6H11F2N.C2H6/c1-9-4-2-3-6(7,8)5-9;1-2/h2-5H2,1H3;1-2H3. The Bertz CT molecular complexity index is 104. The minimum atomic E-state index is -2.42. The third kappa shape index (κ3) is 4.30. The van der Waals surface area contributed by atoms with Crippen molar-refractivity contribution in [2.24, 2.45) is 0 Å². The molecule has 68 valence electrons. The smallest absolute Gasteiger partial charge is 0.260 e. The van der Waals surface area contributed by atoms with Gasteiger partial charge in [0.1, 0.15) is 0 Å². The van der Waals surface area contributed by atoms with Gasteiger partial charge in [-0.25, -0.2) is 8.78 Å². The van der Waals surface area contributed by atoms with Crippen molar-refractivity contribution in [3.8, 4) is 0 Å². The maximum Gasteiger partial charge on any atom is 0.260 e. The maximum absolute atomic E-state index is 12.4. The summed E-state index contributed by atoms with van der Waals surface area (Å²) in [7, 11) is 1.73. The van der Waals surface area contributed by atoms with Gasteiger partial charge in [0.05, 0.1) is 6.54 Å². The SMILES string of the molecule is CC.CN1CCCC(F)(F)C1. The zero-order valence-corrected chi connectivity index (χ0v) is 7.53. The summed E-state index contributed by atoms with van der Waals surface area (Å²) < 4.78 is 24.8. The predicted octanol–water partition coefficient (Wildman–Crippen LogP) is 2.37. The lowest BCUT2D eigenvalue weighted by Gasteiger charge is -2.28. The molecule has 3 heteroatoms. The lowest BCUT2D eigenvalue weighted by Crippen LogP contribution is -2.39. The molecule has 0 aliphatic carbocycles. The number of halogens is 2. The third-order valence-corrected chi connectivity index (χ3v) is 1.58.